The van der Waals surface area contributed by atoms with Gasteiger partial charge in [-0.1, -0.05) is 38.8 Å². The van der Waals surface area contributed by atoms with Gasteiger partial charge in [0, 0.05) is 0 Å². The lowest BCUT2D eigenvalue weighted by Crippen LogP contribution is -2.08. The summed E-state index contributed by atoms with van der Waals surface area (Å²) in [4.78, 5) is 12.2. The molecule has 0 saturated heterocycles. The van der Waals surface area contributed by atoms with Gasteiger partial charge in [-0.15, -0.1) is 0 Å². The molecule has 0 bridgehead atoms. The summed E-state index contributed by atoms with van der Waals surface area (Å²) < 4.78 is 11.0. The Balaban J connectivity index is 1.89. The fourth-order valence-corrected chi connectivity index (χ4v) is 2.29. The van der Waals surface area contributed by atoms with E-state index in [1.807, 2.05) is 36.4 Å². The van der Waals surface area contributed by atoms with Gasteiger partial charge in [0.25, 0.3) is 0 Å². The van der Waals surface area contributed by atoms with Crippen LogP contribution in [0.25, 0.3) is 0 Å². The zero-order chi connectivity index (χ0) is 17.2. The number of unbranched alkanes of at least 4 members (excludes halogenated alkanes) is 2. The van der Waals surface area contributed by atoms with E-state index in [0.29, 0.717) is 17.9 Å². The molecule has 0 spiro atoms. The van der Waals surface area contributed by atoms with Crippen molar-refractivity contribution in [3.63, 3.8) is 0 Å². The molecule has 0 aliphatic carbocycles. The first kappa shape index (κ1) is 18.1. The van der Waals surface area contributed by atoms with Crippen molar-refractivity contribution < 1.29 is 14.3 Å². The molecule has 3 nitrogen and oxygen atoms in total. The van der Waals surface area contributed by atoms with Crippen LogP contribution < -0.4 is 9.47 Å². The third-order valence-electron chi connectivity index (χ3n) is 3.81. The minimum Gasteiger partial charge on any atom is -0.494 e. The van der Waals surface area contributed by atoms with Crippen LogP contribution in [0.3, 0.4) is 0 Å². The van der Waals surface area contributed by atoms with Crippen LogP contribution in [0.5, 0.6) is 11.5 Å². The Morgan fingerprint density at radius 2 is 1.46 bits per heavy atom. The van der Waals surface area contributed by atoms with Gasteiger partial charge in [0.2, 0.25) is 0 Å². The Morgan fingerprint density at radius 3 is 2.08 bits per heavy atom. The molecule has 0 amide bonds. The quantitative estimate of drug-likeness (QED) is 0.350. The molecule has 0 radical (unpaired) electrons. The molecule has 0 heterocycles. The predicted octanol–water partition coefficient (Wildman–Crippen LogP) is 5.43. The maximum Gasteiger partial charge on any atom is 0.343 e. The number of hydrogen-bond donors (Lipinski definition) is 0. The first-order valence-electron chi connectivity index (χ1n) is 8.77. The van der Waals surface area contributed by atoms with Crippen molar-refractivity contribution in [2.24, 2.45) is 0 Å². The van der Waals surface area contributed by atoms with Gasteiger partial charge in [0.1, 0.15) is 11.5 Å². The van der Waals surface area contributed by atoms with E-state index in [0.717, 1.165) is 31.4 Å². The van der Waals surface area contributed by atoms with Crippen molar-refractivity contribution in [1.82, 2.24) is 0 Å². The maximum atomic E-state index is 12.2. The lowest BCUT2D eigenvalue weighted by Gasteiger charge is -2.08. The second-order valence-electron chi connectivity index (χ2n) is 5.86. The highest BCUT2D eigenvalue weighted by Gasteiger charge is 2.08. The highest BCUT2D eigenvalue weighted by Crippen LogP contribution is 2.19. The van der Waals surface area contributed by atoms with Gasteiger partial charge in [0.05, 0.1) is 12.2 Å². The van der Waals surface area contributed by atoms with Gasteiger partial charge >= 0.3 is 5.97 Å². The summed E-state index contributed by atoms with van der Waals surface area (Å²) in [5, 5.41) is 0. The number of benzene rings is 2. The lowest BCUT2D eigenvalue weighted by molar-refractivity contribution is 0.0734. The second kappa shape index (κ2) is 9.76. The monoisotopic (exact) mass is 326 g/mol. The van der Waals surface area contributed by atoms with Crippen LogP contribution >= 0.6 is 0 Å². The predicted molar refractivity (Wildman–Crippen MR) is 96.9 cm³/mol. The van der Waals surface area contributed by atoms with E-state index in [9.17, 15) is 4.79 Å². The van der Waals surface area contributed by atoms with E-state index in [1.165, 1.54) is 12.0 Å². The summed E-state index contributed by atoms with van der Waals surface area (Å²) >= 11 is 0. The van der Waals surface area contributed by atoms with Gasteiger partial charge in [-0.3, -0.25) is 0 Å². The Labute approximate surface area is 144 Å². The van der Waals surface area contributed by atoms with Crippen molar-refractivity contribution in [1.29, 1.82) is 0 Å². The number of aryl methyl sites for hydroxylation is 1. The summed E-state index contributed by atoms with van der Waals surface area (Å²) in [6, 6.07) is 14.8. The van der Waals surface area contributed by atoms with Gasteiger partial charge in [-0.25, -0.2) is 4.79 Å². The molecule has 0 unspecified atom stereocenters. The Morgan fingerprint density at radius 1 is 0.833 bits per heavy atom. The van der Waals surface area contributed by atoms with Crippen molar-refractivity contribution in [3.05, 3.63) is 59.7 Å². The van der Waals surface area contributed by atoms with E-state index >= 15 is 0 Å². The smallest absolute Gasteiger partial charge is 0.343 e. The number of carbonyl (C=O) groups excluding carboxylic acids is 1. The zero-order valence-electron chi connectivity index (χ0n) is 14.6. The van der Waals surface area contributed by atoms with Crippen LogP contribution in [-0.4, -0.2) is 12.6 Å². The van der Waals surface area contributed by atoms with E-state index in [2.05, 4.69) is 13.8 Å². The van der Waals surface area contributed by atoms with Crippen molar-refractivity contribution in [3.8, 4) is 11.5 Å². The molecule has 0 saturated carbocycles. The maximum absolute atomic E-state index is 12.2. The first-order valence-corrected chi connectivity index (χ1v) is 8.77. The standard InChI is InChI=1S/C21H26O3/c1-3-5-7-17-8-10-18(11-9-17)21(22)24-20-14-12-19(13-15-20)23-16-6-4-2/h8-15H,3-7,16H2,1-2H3. The van der Waals surface area contributed by atoms with Crippen LogP contribution in [-0.2, 0) is 6.42 Å². The Hall–Kier alpha value is -2.29. The summed E-state index contributed by atoms with van der Waals surface area (Å²) in [7, 11) is 0. The van der Waals surface area contributed by atoms with Crippen LogP contribution in [0.15, 0.2) is 48.5 Å². The molecule has 0 N–H and O–H groups in total. The fraction of sp³-hybridized carbons (Fsp3) is 0.381. The van der Waals surface area contributed by atoms with Gasteiger partial charge in [0.15, 0.2) is 0 Å². The molecule has 24 heavy (non-hydrogen) atoms. The van der Waals surface area contributed by atoms with Crippen molar-refractivity contribution in [2.75, 3.05) is 6.61 Å². The number of carbonyl (C=O) groups is 1. The third kappa shape index (κ3) is 5.73. The highest BCUT2D eigenvalue weighted by molar-refractivity contribution is 5.91. The van der Waals surface area contributed by atoms with Gasteiger partial charge in [-0.05, 0) is 61.2 Å². The van der Waals surface area contributed by atoms with Crippen molar-refractivity contribution in [2.45, 2.75) is 46.0 Å². The van der Waals surface area contributed by atoms with Crippen LogP contribution in [0.2, 0.25) is 0 Å². The third-order valence-corrected chi connectivity index (χ3v) is 3.81. The summed E-state index contributed by atoms with van der Waals surface area (Å²) in [5.41, 5.74) is 1.82. The van der Waals surface area contributed by atoms with Gasteiger partial charge < -0.3 is 9.47 Å². The summed E-state index contributed by atoms with van der Waals surface area (Å²) in [5.74, 6) is 0.984. The lowest BCUT2D eigenvalue weighted by atomic mass is 10.1. The van der Waals surface area contributed by atoms with E-state index < -0.39 is 0 Å². The fourth-order valence-electron chi connectivity index (χ4n) is 2.29. The molecule has 2 aromatic carbocycles. The highest BCUT2D eigenvalue weighted by atomic mass is 16.5. The topological polar surface area (TPSA) is 35.5 Å². The van der Waals surface area contributed by atoms with Crippen LogP contribution in [0, 0.1) is 0 Å². The largest absolute Gasteiger partial charge is 0.494 e. The van der Waals surface area contributed by atoms with E-state index in [4.69, 9.17) is 9.47 Å². The molecule has 0 aliphatic rings. The summed E-state index contributed by atoms with van der Waals surface area (Å²) in [6.07, 6.45) is 5.52. The molecule has 3 heteroatoms. The molecule has 0 aromatic heterocycles. The van der Waals surface area contributed by atoms with Gasteiger partial charge in [-0.2, -0.15) is 0 Å². The molecule has 128 valence electrons. The normalized spacial score (nSPS) is 10.4. The SMILES string of the molecule is CCCCOc1ccc(OC(=O)c2ccc(CCCC)cc2)cc1. The Kier molecular flexibility index (Phi) is 7.34. The minimum absolute atomic E-state index is 0.336. The van der Waals surface area contributed by atoms with E-state index in [-0.39, 0.29) is 5.97 Å². The number of rotatable bonds is 9. The second-order valence-corrected chi connectivity index (χ2v) is 5.86. The zero-order valence-corrected chi connectivity index (χ0v) is 14.6. The molecule has 0 fully saturated rings. The van der Waals surface area contributed by atoms with E-state index in [1.54, 1.807) is 12.1 Å². The van der Waals surface area contributed by atoms with Crippen LogP contribution in [0.1, 0.15) is 55.5 Å². The first-order chi connectivity index (χ1) is 11.7. The average molecular weight is 326 g/mol. The number of esters is 1. The molecule has 0 atom stereocenters. The molecular formula is C21H26O3. The average Bonchev–Trinajstić information content (AvgIpc) is 2.62. The molecular weight excluding hydrogens is 300 g/mol. The molecule has 2 rings (SSSR count). The number of ether oxygens (including phenoxy) is 2. The molecule has 0 aliphatic heterocycles. The number of hydrogen-bond acceptors (Lipinski definition) is 3. The Bertz CT molecular complexity index is 615. The summed E-state index contributed by atoms with van der Waals surface area (Å²) in [6.45, 7) is 5.01. The van der Waals surface area contributed by atoms with Crippen molar-refractivity contribution >= 4 is 5.97 Å². The minimum atomic E-state index is -0.336. The van der Waals surface area contributed by atoms with Crippen LogP contribution in [0.4, 0.5) is 0 Å². The molecule has 2 aromatic rings.